The van der Waals surface area contributed by atoms with Crippen LogP contribution in [-0.4, -0.2) is 19.7 Å². The van der Waals surface area contributed by atoms with Gasteiger partial charge in [-0.05, 0) is 19.4 Å². The first-order valence-corrected chi connectivity index (χ1v) is 5.76. The molecule has 0 bridgehead atoms. The second-order valence-corrected chi connectivity index (χ2v) is 4.91. The predicted octanol–water partition coefficient (Wildman–Crippen LogP) is 1.74. The third-order valence-electron chi connectivity index (χ3n) is 2.11. The molecular weight excluding hydrogens is 249 g/mol. The molecule has 0 N–H and O–H groups in total. The van der Waals surface area contributed by atoms with E-state index < -0.39 is 21.5 Å². The lowest BCUT2D eigenvalue weighted by Crippen LogP contribution is -2.25. The first-order chi connectivity index (χ1) is 7.13. The first kappa shape index (κ1) is 13.0. The fraction of sp³-hybridized carbons (Fsp3) is 0.625. The van der Waals surface area contributed by atoms with Crippen LogP contribution < -0.4 is 0 Å². The molecule has 8 heteroatoms. The molecule has 0 saturated heterocycles. The summed E-state index contributed by atoms with van der Waals surface area (Å²) in [7, 11) is -5.61. The van der Waals surface area contributed by atoms with E-state index in [1.807, 2.05) is 0 Å². The fourth-order valence-corrected chi connectivity index (χ4v) is 1.78. The van der Waals surface area contributed by atoms with E-state index in [1.54, 1.807) is 0 Å². The minimum absolute atomic E-state index is 0.0134. The van der Waals surface area contributed by atoms with Crippen molar-refractivity contribution in [2.24, 2.45) is 5.92 Å². The Hall–Kier alpha value is -1.05. The standard InChI is InChI=1S/C8H9F3O4S/c1-5(12)6-2-3-7(4-6)15-16(13,14)8(9,10)11/h4,6H,2-3H2,1H3/t6-/m1/s1. The summed E-state index contributed by atoms with van der Waals surface area (Å²) in [5.41, 5.74) is -5.44. The number of hydrogen-bond acceptors (Lipinski definition) is 4. The molecule has 0 aromatic heterocycles. The van der Waals surface area contributed by atoms with Crippen LogP contribution in [0.3, 0.4) is 0 Å². The van der Waals surface area contributed by atoms with Gasteiger partial charge in [-0.2, -0.15) is 21.6 Å². The van der Waals surface area contributed by atoms with Gasteiger partial charge in [0.25, 0.3) is 0 Å². The quantitative estimate of drug-likeness (QED) is 0.571. The second kappa shape index (κ2) is 4.08. The maximum absolute atomic E-state index is 11.9. The molecule has 1 atom stereocenters. The highest BCUT2D eigenvalue weighted by Gasteiger charge is 2.49. The monoisotopic (exact) mass is 258 g/mol. The van der Waals surface area contributed by atoms with Gasteiger partial charge in [-0.15, -0.1) is 0 Å². The number of halogens is 3. The molecule has 0 fully saturated rings. The Morgan fingerprint density at radius 3 is 2.44 bits per heavy atom. The maximum atomic E-state index is 11.9. The summed E-state index contributed by atoms with van der Waals surface area (Å²) in [5.74, 6) is -1.11. The number of rotatable bonds is 3. The molecule has 0 aromatic rings. The van der Waals surface area contributed by atoms with Crippen LogP contribution in [0.4, 0.5) is 13.2 Å². The Kier molecular flexibility index (Phi) is 3.32. The molecule has 1 aliphatic rings. The van der Waals surface area contributed by atoms with Crippen LogP contribution in [0.25, 0.3) is 0 Å². The highest BCUT2D eigenvalue weighted by atomic mass is 32.2. The smallest absolute Gasteiger partial charge is 0.381 e. The van der Waals surface area contributed by atoms with Crippen LogP contribution in [0.5, 0.6) is 0 Å². The number of hydrogen-bond donors (Lipinski definition) is 0. The lowest BCUT2D eigenvalue weighted by atomic mass is 10.1. The van der Waals surface area contributed by atoms with E-state index in [0.29, 0.717) is 0 Å². The fourth-order valence-electron chi connectivity index (χ4n) is 1.27. The molecule has 0 saturated carbocycles. The van der Waals surface area contributed by atoms with Gasteiger partial charge in [-0.3, -0.25) is 4.79 Å². The van der Waals surface area contributed by atoms with Gasteiger partial charge < -0.3 is 4.18 Å². The highest BCUT2D eigenvalue weighted by molar-refractivity contribution is 7.87. The SMILES string of the molecule is CC(=O)[C@H]1C=C(OS(=O)(=O)C(F)(F)F)CC1. The predicted molar refractivity (Wildman–Crippen MR) is 47.5 cm³/mol. The number of Topliss-reactive ketones (excluding diaryl/α,β-unsaturated/α-hetero) is 1. The van der Waals surface area contributed by atoms with Crippen molar-refractivity contribution in [3.63, 3.8) is 0 Å². The van der Waals surface area contributed by atoms with Crippen LogP contribution in [0, 0.1) is 5.92 Å². The first-order valence-electron chi connectivity index (χ1n) is 4.35. The molecule has 0 radical (unpaired) electrons. The Morgan fingerprint density at radius 1 is 1.50 bits per heavy atom. The number of carbonyl (C=O) groups excluding carboxylic acids is 1. The van der Waals surface area contributed by atoms with Crippen molar-refractivity contribution in [1.29, 1.82) is 0 Å². The van der Waals surface area contributed by atoms with E-state index in [9.17, 15) is 26.4 Å². The minimum atomic E-state index is -5.61. The largest absolute Gasteiger partial charge is 0.534 e. The van der Waals surface area contributed by atoms with Crippen molar-refractivity contribution in [1.82, 2.24) is 0 Å². The van der Waals surface area contributed by atoms with Crippen molar-refractivity contribution in [3.05, 3.63) is 11.8 Å². The van der Waals surface area contributed by atoms with E-state index >= 15 is 0 Å². The Bertz CT molecular complexity index is 421. The zero-order valence-corrected chi connectivity index (χ0v) is 9.06. The third kappa shape index (κ3) is 2.75. The number of allylic oxidation sites excluding steroid dienone is 2. The van der Waals surface area contributed by atoms with Gasteiger partial charge in [-0.1, -0.05) is 0 Å². The van der Waals surface area contributed by atoms with Crippen molar-refractivity contribution >= 4 is 15.9 Å². The van der Waals surface area contributed by atoms with Crippen molar-refractivity contribution in [2.75, 3.05) is 0 Å². The van der Waals surface area contributed by atoms with Gasteiger partial charge in [0.2, 0.25) is 0 Å². The Morgan fingerprint density at radius 2 is 2.06 bits per heavy atom. The van der Waals surface area contributed by atoms with Crippen LogP contribution >= 0.6 is 0 Å². The van der Waals surface area contributed by atoms with E-state index in [0.717, 1.165) is 6.08 Å². The Labute approximate surface area is 90.2 Å². The molecule has 4 nitrogen and oxygen atoms in total. The lowest BCUT2D eigenvalue weighted by Gasteiger charge is -2.09. The summed E-state index contributed by atoms with van der Waals surface area (Å²) in [6.07, 6.45) is 1.41. The summed E-state index contributed by atoms with van der Waals surface area (Å²) < 4.78 is 60.9. The molecule has 0 unspecified atom stereocenters. The topological polar surface area (TPSA) is 60.4 Å². The molecule has 1 aliphatic carbocycles. The summed E-state index contributed by atoms with van der Waals surface area (Å²) >= 11 is 0. The normalized spacial score (nSPS) is 21.8. The highest BCUT2D eigenvalue weighted by Crippen LogP contribution is 2.32. The summed E-state index contributed by atoms with van der Waals surface area (Å²) in [4.78, 5) is 10.9. The zero-order valence-electron chi connectivity index (χ0n) is 8.24. The van der Waals surface area contributed by atoms with Crippen LogP contribution in [-0.2, 0) is 19.1 Å². The van der Waals surface area contributed by atoms with Gasteiger partial charge in [0, 0.05) is 12.3 Å². The summed E-state index contributed by atoms with van der Waals surface area (Å²) in [6, 6.07) is 0. The number of ketones is 1. The van der Waals surface area contributed by atoms with E-state index in [4.69, 9.17) is 0 Å². The number of carbonyl (C=O) groups is 1. The van der Waals surface area contributed by atoms with Crippen LogP contribution in [0.1, 0.15) is 19.8 Å². The maximum Gasteiger partial charge on any atom is 0.534 e. The lowest BCUT2D eigenvalue weighted by molar-refractivity contribution is -0.119. The van der Waals surface area contributed by atoms with Gasteiger partial charge in [0.1, 0.15) is 11.5 Å². The summed E-state index contributed by atoms with van der Waals surface area (Å²) in [6.45, 7) is 1.28. The second-order valence-electron chi connectivity index (χ2n) is 3.37. The summed E-state index contributed by atoms with van der Waals surface area (Å²) in [5, 5.41) is 0. The van der Waals surface area contributed by atoms with E-state index in [-0.39, 0.29) is 24.4 Å². The molecule has 0 spiro atoms. The molecule has 1 rings (SSSR count). The molecule has 0 heterocycles. The molecule has 16 heavy (non-hydrogen) atoms. The van der Waals surface area contributed by atoms with Crippen LogP contribution in [0.2, 0.25) is 0 Å². The van der Waals surface area contributed by atoms with Gasteiger partial charge in [0.05, 0.1) is 0 Å². The van der Waals surface area contributed by atoms with Crippen molar-refractivity contribution < 1.29 is 30.6 Å². The minimum Gasteiger partial charge on any atom is -0.381 e. The molecular formula is C8H9F3O4S. The van der Waals surface area contributed by atoms with Gasteiger partial charge in [-0.25, -0.2) is 0 Å². The van der Waals surface area contributed by atoms with E-state index in [1.165, 1.54) is 6.92 Å². The third-order valence-corrected chi connectivity index (χ3v) is 3.11. The molecule has 92 valence electrons. The van der Waals surface area contributed by atoms with Gasteiger partial charge >= 0.3 is 15.6 Å². The average molecular weight is 258 g/mol. The molecule has 0 aromatic carbocycles. The number of alkyl halides is 3. The average Bonchev–Trinajstić information content (AvgIpc) is 2.49. The van der Waals surface area contributed by atoms with Gasteiger partial charge in [0.15, 0.2) is 0 Å². The molecule has 0 amide bonds. The van der Waals surface area contributed by atoms with E-state index in [2.05, 4.69) is 4.18 Å². The van der Waals surface area contributed by atoms with Crippen LogP contribution in [0.15, 0.2) is 11.8 Å². The Balaban J connectivity index is 2.78. The van der Waals surface area contributed by atoms with Crippen molar-refractivity contribution in [2.45, 2.75) is 25.3 Å². The molecule has 0 aliphatic heterocycles. The van der Waals surface area contributed by atoms with Crippen molar-refractivity contribution in [3.8, 4) is 0 Å². The zero-order chi connectivity index (χ0) is 12.6.